The second-order valence-electron chi connectivity index (χ2n) is 6.02. The average Bonchev–Trinajstić information content (AvgIpc) is 2.97. The molecule has 1 aromatic heterocycles. The van der Waals surface area contributed by atoms with Crippen LogP contribution < -0.4 is 10.2 Å². The number of hydrogen-bond acceptors (Lipinski definition) is 4. The number of hydrogen-bond donors (Lipinski definition) is 1. The van der Waals surface area contributed by atoms with Crippen LogP contribution in [-0.2, 0) is 17.8 Å². The Balaban J connectivity index is 1.79. The summed E-state index contributed by atoms with van der Waals surface area (Å²) in [7, 11) is 0. The van der Waals surface area contributed by atoms with Crippen molar-refractivity contribution in [3.63, 3.8) is 0 Å². The molecule has 0 saturated heterocycles. The van der Waals surface area contributed by atoms with Crippen molar-refractivity contribution in [2.45, 2.75) is 33.2 Å². The average molecular weight is 350 g/mol. The van der Waals surface area contributed by atoms with Gasteiger partial charge < -0.3 is 10.2 Å². The fourth-order valence-electron chi connectivity index (χ4n) is 2.78. The van der Waals surface area contributed by atoms with Gasteiger partial charge in [-0.05, 0) is 30.5 Å². The van der Waals surface area contributed by atoms with Crippen molar-refractivity contribution in [3.8, 4) is 0 Å². The molecule has 2 heterocycles. The standard InChI is InChI=1S/C17H20ClN3OS/c1-11(2)16(22)21-7-3-4-12-5-6-13(8-15(12)21)19-9-14-10-20-17(18)23-14/h5-6,8,10-11,19H,3-4,7,9H2,1-2H3. The molecule has 0 atom stereocenters. The number of thiazole rings is 1. The number of benzene rings is 1. The lowest BCUT2D eigenvalue weighted by Crippen LogP contribution is -2.38. The first-order chi connectivity index (χ1) is 11.0. The molecule has 0 bridgehead atoms. The number of carbonyl (C=O) groups excluding carboxylic acids is 1. The van der Waals surface area contributed by atoms with Crippen molar-refractivity contribution in [2.75, 3.05) is 16.8 Å². The van der Waals surface area contributed by atoms with E-state index < -0.39 is 0 Å². The highest BCUT2D eigenvalue weighted by atomic mass is 35.5. The zero-order valence-corrected chi connectivity index (χ0v) is 14.9. The van der Waals surface area contributed by atoms with Crippen molar-refractivity contribution in [1.82, 2.24) is 4.98 Å². The van der Waals surface area contributed by atoms with Gasteiger partial charge in [0.2, 0.25) is 5.91 Å². The van der Waals surface area contributed by atoms with Crippen molar-refractivity contribution < 1.29 is 4.79 Å². The molecule has 0 aliphatic carbocycles. The molecule has 0 radical (unpaired) electrons. The number of carbonyl (C=O) groups is 1. The van der Waals surface area contributed by atoms with Crippen LogP contribution in [0.3, 0.4) is 0 Å². The zero-order chi connectivity index (χ0) is 16.4. The van der Waals surface area contributed by atoms with Crippen LogP contribution in [0, 0.1) is 5.92 Å². The lowest BCUT2D eigenvalue weighted by Gasteiger charge is -2.31. The summed E-state index contributed by atoms with van der Waals surface area (Å²) in [5, 5.41) is 3.39. The van der Waals surface area contributed by atoms with E-state index in [0.29, 0.717) is 11.0 Å². The molecule has 0 fully saturated rings. The Morgan fingerprint density at radius 3 is 3.00 bits per heavy atom. The Morgan fingerprint density at radius 2 is 2.30 bits per heavy atom. The molecule has 2 aromatic rings. The Morgan fingerprint density at radius 1 is 1.48 bits per heavy atom. The quantitative estimate of drug-likeness (QED) is 0.892. The van der Waals surface area contributed by atoms with E-state index in [9.17, 15) is 4.79 Å². The summed E-state index contributed by atoms with van der Waals surface area (Å²) >= 11 is 7.33. The van der Waals surface area contributed by atoms with E-state index >= 15 is 0 Å². The molecular formula is C17H20ClN3OS. The highest BCUT2D eigenvalue weighted by molar-refractivity contribution is 7.15. The van der Waals surface area contributed by atoms with E-state index in [2.05, 4.69) is 28.5 Å². The molecule has 122 valence electrons. The molecular weight excluding hydrogens is 330 g/mol. The van der Waals surface area contributed by atoms with E-state index in [1.54, 1.807) is 6.20 Å². The van der Waals surface area contributed by atoms with Gasteiger partial charge >= 0.3 is 0 Å². The summed E-state index contributed by atoms with van der Waals surface area (Å²) in [5.74, 6) is 0.203. The lowest BCUT2D eigenvalue weighted by atomic mass is 9.99. The molecule has 0 unspecified atom stereocenters. The van der Waals surface area contributed by atoms with Crippen LogP contribution in [-0.4, -0.2) is 17.4 Å². The molecule has 0 saturated carbocycles. The molecule has 1 aliphatic rings. The van der Waals surface area contributed by atoms with E-state index in [1.807, 2.05) is 18.7 Å². The first kappa shape index (κ1) is 16.3. The van der Waals surface area contributed by atoms with Crippen molar-refractivity contribution in [2.24, 2.45) is 5.92 Å². The Hall–Kier alpha value is -1.59. The minimum absolute atomic E-state index is 0.0110. The number of aromatic nitrogens is 1. The van der Waals surface area contributed by atoms with Crippen molar-refractivity contribution >= 4 is 40.2 Å². The van der Waals surface area contributed by atoms with Gasteiger partial charge in [-0.15, -0.1) is 11.3 Å². The molecule has 4 nitrogen and oxygen atoms in total. The van der Waals surface area contributed by atoms with Crippen molar-refractivity contribution in [3.05, 3.63) is 39.3 Å². The fraction of sp³-hybridized carbons (Fsp3) is 0.412. The van der Waals surface area contributed by atoms with Crippen LogP contribution in [0.5, 0.6) is 0 Å². The van der Waals surface area contributed by atoms with Crippen LogP contribution >= 0.6 is 22.9 Å². The molecule has 0 spiro atoms. The highest BCUT2D eigenvalue weighted by Crippen LogP contribution is 2.31. The largest absolute Gasteiger partial charge is 0.380 e. The minimum atomic E-state index is 0.0110. The minimum Gasteiger partial charge on any atom is -0.380 e. The number of rotatable bonds is 4. The number of halogens is 1. The molecule has 1 amide bonds. The molecule has 3 rings (SSSR count). The van der Waals surface area contributed by atoms with E-state index in [4.69, 9.17) is 11.6 Å². The van der Waals surface area contributed by atoms with Gasteiger partial charge in [-0.3, -0.25) is 4.79 Å². The third-order valence-electron chi connectivity index (χ3n) is 3.96. The van der Waals surface area contributed by atoms with Gasteiger partial charge in [-0.1, -0.05) is 31.5 Å². The van der Waals surface area contributed by atoms with Crippen molar-refractivity contribution in [1.29, 1.82) is 0 Å². The Labute approximate surface area is 145 Å². The SMILES string of the molecule is CC(C)C(=O)N1CCCc2ccc(NCc3cnc(Cl)s3)cc21. The highest BCUT2D eigenvalue weighted by Gasteiger charge is 2.24. The predicted molar refractivity (Wildman–Crippen MR) is 96.4 cm³/mol. The summed E-state index contributed by atoms with van der Waals surface area (Å²) in [4.78, 5) is 19.5. The summed E-state index contributed by atoms with van der Waals surface area (Å²) < 4.78 is 0.556. The van der Waals surface area contributed by atoms with Crippen LogP contribution in [0.1, 0.15) is 30.7 Å². The summed E-state index contributed by atoms with van der Waals surface area (Å²) in [6.45, 7) is 5.39. The van der Waals surface area contributed by atoms with Gasteiger partial charge in [-0.25, -0.2) is 4.98 Å². The number of anilines is 2. The third-order valence-corrected chi connectivity index (χ3v) is 5.07. The van der Waals surface area contributed by atoms with Gasteiger partial charge in [0.25, 0.3) is 0 Å². The first-order valence-corrected chi connectivity index (χ1v) is 9.02. The number of amides is 1. The normalized spacial score (nSPS) is 14.0. The second kappa shape index (κ2) is 6.89. The van der Waals surface area contributed by atoms with Crippen LogP contribution in [0.2, 0.25) is 4.47 Å². The second-order valence-corrected chi connectivity index (χ2v) is 7.72. The molecule has 1 aromatic carbocycles. The van der Waals surface area contributed by atoms with Crippen LogP contribution in [0.15, 0.2) is 24.4 Å². The summed E-state index contributed by atoms with van der Waals surface area (Å²) in [6.07, 6.45) is 3.84. The van der Waals surface area contributed by atoms with E-state index in [-0.39, 0.29) is 11.8 Å². The van der Waals surface area contributed by atoms with Gasteiger partial charge in [0.15, 0.2) is 4.47 Å². The number of fused-ring (bicyclic) bond motifs is 1. The smallest absolute Gasteiger partial charge is 0.229 e. The Kier molecular flexibility index (Phi) is 4.87. The molecule has 23 heavy (non-hydrogen) atoms. The Bertz CT molecular complexity index is 714. The maximum Gasteiger partial charge on any atom is 0.229 e. The monoisotopic (exact) mass is 349 g/mol. The number of aryl methyl sites for hydroxylation is 1. The molecule has 6 heteroatoms. The topological polar surface area (TPSA) is 45.2 Å². The summed E-state index contributed by atoms with van der Waals surface area (Å²) in [5.41, 5.74) is 3.30. The molecule has 1 N–H and O–H groups in total. The number of nitrogens with zero attached hydrogens (tertiary/aromatic N) is 2. The molecule has 1 aliphatic heterocycles. The van der Waals surface area contributed by atoms with Crippen LogP contribution in [0.25, 0.3) is 0 Å². The third kappa shape index (κ3) is 3.67. The first-order valence-electron chi connectivity index (χ1n) is 7.83. The predicted octanol–water partition coefficient (Wildman–Crippen LogP) is 4.34. The maximum atomic E-state index is 12.4. The fourth-order valence-corrected chi connectivity index (χ4v) is 3.70. The summed E-state index contributed by atoms with van der Waals surface area (Å²) in [6, 6.07) is 6.28. The number of nitrogens with one attached hydrogen (secondary N) is 1. The van der Waals surface area contributed by atoms with Gasteiger partial charge in [0.1, 0.15) is 0 Å². The van der Waals surface area contributed by atoms with Gasteiger partial charge in [0.05, 0.1) is 6.54 Å². The van der Waals surface area contributed by atoms with Crippen LogP contribution in [0.4, 0.5) is 11.4 Å². The zero-order valence-electron chi connectivity index (χ0n) is 13.3. The van der Waals surface area contributed by atoms with Gasteiger partial charge in [-0.2, -0.15) is 0 Å². The lowest BCUT2D eigenvalue weighted by molar-refractivity contribution is -0.121. The van der Waals surface area contributed by atoms with E-state index in [0.717, 1.165) is 35.6 Å². The van der Waals surface area contributed by atoms with Gasteiger partial charge in [0, 0.05) is 34.9 Å². The van der Waals surface area contributed by atoms with E-state index in [1.165, 1.54) is 16.9 Å². The maximum absolute atomic E-state index is 12.4.